The van der Waals surface area contributed by atoms with Crippen LogP contribution in [0.25, 0.3) is 11.0 Å². The molecule has 0 aliphatic heterocycles. The number of furan rings is 1. The molecular weight excluding hydrogens is 276 g/mol. The van der Waals surface area contributed by atoms with Crippen molar-refractivity contribution in [2.45, 2.75) is 44.1 Å². The maximum absolute atomic E-state index is 12.6. The molecule has 1 aromatic heterocycles. The van der Waals surface area contributed by atoms with E-state index in [0.29, 0.717) is 23.4 Å². The third-order valence-corrected chi connectivity index (χ3v) is 4.29. The van der Waals surface area contributed by atoms with Gasteiger partial charge in [-0.3, -0.25) is 4.79 Å². The molecule has 106 valence electrons. The average Bonchev–Trinajstić information content (AvgIpc) is 2.71. The van der Waals surface area contributed by atoms with Crippen LogP contribution in [0.2, 0.25) is 5.02 Å². The number of aliphatic hydroxyl groups is 1. The molecule has 0 unspecified atom stereocenters. The first-order chi connectivity index (χ1) is 9.58. The van der Waals surface area contributed by atoms with Crippen molar-refractivity contribution in [1.29, 1.82) is 0 Å². The van der Waals surface area contributed by atoms with E-state index in [-0.39, 0.29) is 11.5 Å². The van der Waals surface area contributed by atoms with Crippen molar-refractivity contribution >= 4 is 28.4 Å². The SMILES string of the molecule is O=C(c1cc2cc(Cl)ccc2o1)C1(O)CCCCCC1. The molecule has 1 heterocycles. The minimum absolute atomic E-state index is 0.228. The first-order valence-corrected chi connectivity index (χ1v) is 7.43. The topological polar surface area (TPSA) is 50.4 Å². The summed E-state index contributed by atoms with van der Waals surface area (Å²) in [5.74, 6) is -0.0709. The number of hydrogen-bond donors (Lipinski definition) is 1. The predicted molar refractivity (Wildman–Crippen MR) is 78.2 cm³/mol. The molecule has 0 saturated heterocycles. The van der Waals surface area contributed by atoms with E-state index in [1.807, 2.05) is 0 Å². The summed E-state index contributed by atoms with van der Waals surface area (Å²) in [5, 5.41) is 12.0. The zero-order chi connectivity index (χ0) is 14.2. The van der Waals surface area contributed by atoms with Crippen LogP contribution in [0.1, 0.15) is 49.1 Å². The number of rotatable bonds is 2. The molecule has 0 bridgehead atoms. The van der Waals surface area contributed by atoms with Crippen LogP contribution in [-0.2, 0) is 0 Å². The summed E-state index contributed by atoms with van der Waals surface area (Å²) in [6, 6.07) is 6.90. The molecule has 0 radical (unpaired) electrons. The van der Waals surface area contributed by atoms with Gasteiger partial charge < -0.3 is 9.52 Å². The van der Waals surface area contributed by atoms with Gasteiger partial charge in [-0.05, 0) is 37.1 Å². The molecule has 3 rings (SSSR count). The third-order valence-electron chi connectivity index (χ3n) is 4.06. The highest BCUT2D eigenvalue weighted by molar-refractivity contribution is 6.31. The smallest absolute Gasteiger partial charge is 0.229 e. The Kier molecular flexibility index (Phi) is 3.57. The van der Waals surface area contributed by atoms with E-state index in [4.69, 9.17) is 16.0 Å². The number of Topliss-reactive ketones (excluding diaryl/α,β-unsaturated/α-hetero) is 1. The summed E-state index contributed by atoms with van der Waals surface area (Å²) in [4.78, 5) is 12.6. The van der Waals surface area contributed by atoms with E-state index in [2.05, 4.69) is 0 Å². The molecular formula is C16H17ClO3. The molecule has 1 saturated carbocycles. The van der Waals surface area contributed by atoms with E-state index in [0.717, 1.165) is 31.1 Å². The van der Waals surface area contributed by atoms with Gasteiger partial charge in [-0.25, -0.2) is 0 Å². The number of fused-ring (bicyclic) bond motifs is 1. The highest BCUT2D eigenvalue weighted by atomic mass is 35.5. The van der Waals surface area contributed by atoms with Gasteiger partial charge in [0.2, 0.25) is 5.78 Å². The Labute approximate surface area is 122 Å². The van der Waals surface area contributed by atoms with Crippen molar-refractivity contribution in [2.24, 2.45) is 0 Å². The Morgan fingerprint density at radius 1 is 1.15 bits per heavy atom. The fraction of sp³-hybridized carbons (Fsp3) is 0.438. The van der Waals surface area contributed by atoms with Crippen LogP contribution in [0.4, 0.5) is 0 Å². The van der Waals surface area contributed by atoms with E-state index in [1.54, 1.807) is 24.3 Å². The van der Waals surface area contributed by atoms with Crippen molar-refractivity contribution in [2.75, 3.05) is 0 Å². The monoisotopic (exact) mass is 292 g/mol. The lowest BCUT2D eigenvalue weighted by Crippen LogP contribution is -2.37. The van der Waals surface area contributed by atoms with Gasteiger partial charge in [0.25, 0.3) is 0 Å². The van der Waals surface area contributed by atoms with Crippen molar-refractivity contribution in [3.8, 4) is 0 Å². The second-order valence-corrected chi connectivity index (χ2v) is 6.00. The lowest BCUT2D eigenvalue weighted by molar-refractivity contribution is 0.0214. The maximum Gasteiger partial charge on any atom is 0.229 e. The molecule has 1 N–H and O–H groups in total. The van der Waals surface area contributed by atoms with Gasteiger partial charge in [0, 0.05) is 10.4 Å². The van der Waals surface area contributed by atoms with Crippen LogP contribution in [0, 0.1) is 0 Å². The van der Waals surface area contributed by atoms with E-state index in [9.17, 15) is 9.90 Å². The lowest BCUT2D eigenvalue weighted by atomic mass is 9.88. The summed E-state index contributed by atoms with van der Waals surface area (Å²) < 4.78 is 5.58. The number of hydrogen-bond acceptors (Lipinski definition) is 3. The fourth-order valence-corrected chi connectivity index (χ4v) is 3.08. The van der Waals surface area contributed by atoms with Crippen LogP contribution in [0.5, 0.6) is 0 Å². The molecule has 1 aliphatic rings. The first kappa shape index (κ1) is 13.7. The minimum atomic E-state index is -1.27. The van der Waals surface area contributed by atoms with Gasteiger partial charge in [0.15, 0.2) is 5.76 Å². The number of halogens is 1. The largest absolute Gasteiger partial charge is 0.453 e. The van der Waals surface area contributed by atoms with Crippen molar-refractivity contribution < 1.29 is 14.3 Å². The van der Waals surface area contributed by atoms with Crippen LogP contribution in [0.15, 0.2) is 28.7 Å². The number of ketones is 1. The maximum atomic E-state index is 12.6. The highest BCUT2D eigenvalue weighted by Crippen LogP contribution is 2.32. The molecule has 1 fully saturated rings. The van der Waals surface area contributed by atoms with Gasteiger partial charge in [-0.15, -0.1) is 0 Å². The van der Waals surface area contributed by atoms with Crippen LogP contribution < -0.4 is 0 Å². The Morgan fingerprint density at radius 2 is 1.85 bits per heavy atom. The highest BCUT2D eigenvalue weighted by Gasteiger charge is 2.38. The molecule has 4 heteroatoms. The number of carbonyl (C=O) groups excluding carboxylic acids is 1. The Bertz CT molecular complexity index is 636. The molecule has 3 nitrogen and oxygen atoms in total. The normalized spacial score (nSPS) is 18.9. The first-order valence-electron chi connectivity index (χ1n) is 7.05. The van der Waals surface area contributed by atoms with E-state index < -0.39 is 5.60 Å². The van der Waals surface area contributed by atoms with E-state index >= 15 is 0 Å². The molecule has 2 aromatic rings. The third kappa shape index (κ3) is 2.48. The fourth-order valence-electron chi connectivity index (χ4n) is 2.90. The molecule has 0 atom stereocenters. The second kappa shape index (κ2) is 5.23. The molecule has 0 amide bonds. The van der Waals surface area contributed by atoms with Crippen molar-refractivity contribution in [1.82, 2.24) is 0 Å². The van der Waals surface area contributed by atoms with Crippen molar-refractivity contribution in [3.63, 3.8) is 0 Å². The van der Waals surface area contributed by atoms with Gasteiger partial charge in [-0.1, -0.05) is 37.3 Å². The van der Waals surface area contributed by atoms with Gasteiger partial charge in [0.05, 0.1) is 0 Å². The van der Waals surface area contributed by atoms with E-state index in [1.165, 1.54) is 0 Å². The van der Waals surface area contributed by atoms with Gasteiger partial charge >= 0.3 is 0 Å². The summed E-state index contributed by atoms with van der Waals surface area (Å²) in [6.07, 6.45) is 4.95. The number of carbonyl (C=O) groups is 1. The summed E-state index contributed by atoms with van der Waals surface area (Å²) >= 11 is 5.93. The zero-order valence-electron chi connectivity index (χ0n) is 11.2. The Morgan fingerprint density at radius 3 is 2.55 bits per heavy atom. The minimum Gasteiger partial charge on any atom is -0.453 e. The predicted octanol–water partition coefficient (Wildman–Crippen LogP) is 4.35. The molecule has 20 heavy (non-hydrogen) atoms. The van der Waals surface area contributed by atoms with Crippen molar-refractivity contribution in [3.05, 3.63) is 35.0 Å². The van der Waals surface area contributed by atoms with Gasteiger partial charge in [0.1, 0.15) is 11.2 Å². The molecule has 1 aromatic carbocycles. The van der Waals surface area contributed by atoms with Crippen LogP contribution in [0.3, 0.4) is 0 Å². The number of benzene rings is 1. The molecule has 0 spiro atoms. The zero-order valence-corrected chi connectivity index (χ0v) is 11.9. The summed E-state index contributed by atoms with van der Waals surface area (Å²) in [6.45, 7) is 0. The Balaban J connectivity index is 1.94. The lowest BCUT2D eigenvalue weighted by Gasteiger charge is -2.23. The Hall–Kier alpha value is -1.32. The molecule has 1 aliphatic carbocycles. The second-order valence-electron chi connectivity index (χ2n) is 5.57. The van der Waals surface area contributed by atoms with Crippen LogP contribution >= 0.6 is 11.6 Å². The van der Waals surface area contributed by atoms with Crippen LogP contribution in [-0.4, -0.2) is 16.5 Å². The average molecular weight is 293 g/mol. The summed E-state index contributed by atoms with van der Waals surface area (Å²) in [7, 11) is 0. The quantitative estimate of drug-likeness (QED) is 0.661. The standard InChI is InChI=1S/C16H17ClO3/c17-12-5-6-13-11(9-12)10-14(20-13)15(18)16(19)7-3-1-2-4-8-16/h5-6,9-10,19H,1-4,7-8H2. The van der Waals surface area contributed by atoms with Gasteiger partial charge in [-0.2, -0.15) is 0 Å². The summed E-state index contributed by atoms with van der Waals surface area (Å²) in [5.41, 5.74) is -0.649.